The van der Waals surface area contributed by atoms with Gasteiger partial charge in [0.25, 0.3) is 0 Å². The summed E-state index contributed by atoms with van der Waals surface area (Å²) in [4.78, 5) is 4.57. The number of hydrogen-bond acceptors (Lipinski definition) is 2. The molecule has 100 valence electrons. The number of rotatable bonds is 6. The van der Waals surface area contributed by atoms with Crippen molar-refractivity contribution in [2.24, 2.45) is 0 Å². The zero-order chi connectivity index (χ0) is 13.1. The summed E-state index contributed by atoms with van der Waals surface area (Å²) in [6.07, 6.45) is 2.02. The summed E-state index contributed by atoms with van der Waals surface area (Å²) in [6, 6.07) is 1.33. The Morgan fingerprint density at radius 3 is 1.06 bits per heavy atom. The molecule has 0 bridgehead atoms. The molecule has 2 nitrogen and oxygen atoms in total. The van der Waals surface area contributed by atoms with Gasteiger partial charge in [-0.25, -0.2) is 0 Å². The van der Waals surface area contributed by atoms with Crippen molar-refractivity contribution in [2.75, 3.05) is 27.2 Å². The van der Waals surface area contributed by atoms with E-state index in [1.165, 1.54) is 0 Å². The van der Waals surface area contributed by atoms with Gasteiger partial charge in [-0.15, -0.1) is 0 Å². The smallest absolute Gasteiger partial charge is 0.342 e. The molecule has 0 heterocycles. The van der Waals surface area contributed by atoms with Crippen LogP contribution in [-0.4, -0.2) is 49.1 Å². The predicted molar refractivity (Wildman–Crippen MR) is 75.5 cm³/mol. The van der Waals surface area contributed by atoms with Crippen LogP contribution in [0.1, 0.15) is 40.5 Å². The van der Waals surface area contributed by atoms with Gasteiger partial charge in [0, 0.05) is 12.1 Å². The fourth-order valence-electron chi connectivity index (χ4n) is 1.02. The average Bonchev–Trinajstić information content (AvgIpc) is 2.19. The maximum Gasteiger partial charge on any atom is 2.00 e. The van der Waals surface area contributed by atoms with Crippen LogP contribution >= 0.6 is 0 Å². The van der Waals surface area contributed by atoms with Crippen molar-refractivity contribution in [1.29, 1.82) is 0 Å². The molecule has 0 amide bonds. The van der Waals surface area contributed by atoms with Gasteiger partial charge in [-0.2, -0.15) is 12.8 Å². The van der Waals surface area contributed by atoms with Crippen molar-refractivity contribution in [3.63, 3.8) is 0 Å². The van der Waals surface area contributed by atoms with Crippen LogP contribution in [0, 0.1) is 13.8 Å². The molecule has 0 aliphatic carbocycles. The summed E-state index contributed by atoms with van der Waals surface area (Å²) in [6.45, 7) is 18.5. The summed E-state index contributed by atoms with van der Waals surface area (Å²) >= 11 is 0. The van der Waals surface area contributed by atoms with Crippen molar-refractivity contribution in [2.45, 2.75) is 52.6 Å². The van der Waals surface area contributed by atoms with Crippen LogP contribution < -0.4 is 0 Å². The van der Waals surface area contributed by atoms with Crippen molar-refractivity contribution in [1.82, 2.24) is 9.80 Å². The van der Waals surface area contributed by atoms with Crippen LogP contribution in [-0.2, 0) is 19.5 Å². The number of nitrogens with zero attached hydrogens (tertiary/aromatic N) is 2. The average molecular weight is 294 g/mol. The Labute approximate surface area is 123 Å². The van der Waals surface area contributed by atoms with Gasteiger partial charge in [-0.05, 0) is 54.9 Å². The monoisotopic (exact) mass is 292 g/mol. The second kappa shape index (κ2) is 14.6. The molecule has 0 aliphatic rings. The van der Waals surface area contributed by atoms with Crippen molar-refractivity contribution < 1.29 is 19.5 Å². The van der Waals surface area contributed by atoms with Gasteiger partial charge >= 0.3 is 19.5 Å². The van der Waals surface area contributed by atoms with E-state index < -0.39 is 0 Å². The van der Waals surface area contributed by atoms with Crippen LogP contribution in [0.2, 0.25) is 0 Å². The van der Waals surface area contributed by atoms with E-state index in [2.05, 4.69) is 65.4 Å². The Hall–Kier alpha value is 0.543. The normalized spacial score (nSPS) is 10.6. The van der Waals surface area contributed by atoms with Gasteiger partial charge < -0.3 is 23.6 Å². The third-order valence-corrected chi connectivity index (χ3v) is 2.78. The maximum atomic E-state index is 3.77. The van der Waals surface area contributed by atoms with E-state index in [1.54, 1.807) is 0 Å². The topological polar surface area (TPSA) is 6.48 Å². The first-order chi connectivity index (χ1) is 7.36. The summed E-state index contributed by atoms with van der Waals surface area (Å²) < 4.78 is 0. The summed E-state index contributed by atoms with van der Waals surface area (Å²) in [5, 5.41) is 0. The van der Waals surface area contributed by atoms with E-state index in [9.17, 15) is 0 Å². The molecular formula is C14H32N2Zn. The molecule has 3 heteroatoms. The summed E-state index contributed by atoms with van der Waals surface area (Å²) in [5.41, 5.74) is 0. The Morgan fingerprint density at radius 1 is 0.765 bits per heavy atom. The van der Waals surface area contributed by atoms with Gasteiger partial charge in [-0.3, -0.25) is 0 Å². The van der Waals surface area contributed by atoms with Gasteiger partial charge in [-0.1, -0.05) is 0 Å². The minimum Gasteiger partial charge on any atom is -0.342 e. The molecule has 0 unspecified atom stereocenters. The molecule has 0 aromatic carbocycles. The summed E-state index contributed by atoms with van der Waals surface area (Å²) in [5.74, 6) is 0. The SMILES string of the molecule is [CH2-]CCN(C)C(C)C.[CH2-]CCN(C)C(C)C.[Zn+2]. The van der Waals surface area contributed by atoms with Gasteiger partial charge in [0.05, 0.1) is 0 Å². The maximum absolute atomic E-state index is 3.77. The van der Waals surface area contributed by atoms with E-state index in [1.807, 2.05) is 0 Å². The second-order valence-electron chi connectivity index (χ2n) is 4.86. The van der Waals surface area contributed by atoms with Crippen molar-refractivity contribution >= 4 is 0 Å². The standard InChI is InChI=1S/2C7H16N.Zn/c2*1-5-6-8(4)7(2)3;/h2*7H,1,5-6H2,2-4H3;/q2*-1;+2. The van der Waals surface area contributed by atoms with Crippen LogP contribution in [0.25, 0.3) is 0 Å². The van der Waals surface area contributed by atoms with E-state index in [4.69, 9.17) is 0 Å². The zero-order valence-corrected chi connectivity index (χ0v) is 16.0. The van der Waals surface area contributed by atoms with E-state index >= 15 is 0 Å². The van der Waals surface area contributed by atoms with Crippen molar-refractivity contribution in [3.05, 3.63) is 13.8 Å². The van der Waals surface area contributed by atoms with Crippen molar-refractivity contribution in [3.8, 4) is 0 Å². The van der Waals surface area contributed by atoms with Gasteiger partial charge in [0.1, 0.15) is 0 Å². The molecule has 0 atom stereocenters. The Balaban J connectivity index is -0.000000218. The Morgan fingerprint density at radius 2 is 1.00 bits per heavy atom. The second-order valence-corrected chi connectivity index (χ2v) is 4.86. The molecule has 17 heavy (non-hydrogen) atoms. The summed E-state index contributed by atoms with van der Waals surface area (Å²) in [7, 11) is 4.24. The first-order valence-electron chi connectivity index (χ1n) is 6.35. The molecule has 0 aliphatic heterocycles. The molecule has 0 saturated heterocycles. The van der Waals surface area contributed by atoms with Crippen LogP contribution in [0.5, 0.6) is 0 Å². The molecule has 0 aromatic heterocycles. The first kappa shape index (κ1) is 22.7. The van der Waals surface area contributed by atoms with E-state index in [0.717, 1.165) is 25.9 Å². The fourth-order valence-corrected chi connectivity index (χ4v) is 1.02. The van der Waals surface area contributed by atoms with E-state index in [0.29, 0.717) is 12.1 Å². The number of hydrogen-bond donors (Lipinski definition) is 0. The van der Waals surface area contributed by atoms with Crippen LogP contribution in [0.4, 0.5) is 0 Å². The Bertz CT molecular complexity index is 122. The quantitative estimate of drug-likeness (QED) is 0.548. The zero-order valence-electron chi connectivity index (χ0n) is 13.0. The molecule has 0 saturated carbocycles. The molecule has 0 rings (SSSR count). The minimum atomic E-state index is 0. The molecular weight excluding hydrogens is 262 g/mol. The largest absolute Gasteiger partial charge is 2.00 e. The third kappa shape index (κ3) is 16.5. The van der Waals surface area contributed by atoms with Gasteiger partial charge in [0.2, 0.25) is 0 Å². The molecule has 0 fully saturated rings. The van der Waals surface area contributed by atoms with Gasteiger partial charge in [0.15, 0.2) is 0 Å². The fraction of sp³-hybridized carbons (Fsp3) is 0.857. The van der Waals surface area contributed by atoms with Crippen LogP contribution in [0.15, 0.2) is 0 Å². The third-order valence-electron chi connectivity index (χ3n) is 2.78. The Kier molecular flexibility index (Phi) is 19.5. The molecule has 0 radical (unpaired) electrons. The molecule has 0 aromatic rings. The first-order valence-corrected chi connectivity index (χ1v) is 6.35. The molecule has 0 spiro atoms. The van der Waals surface area contributed by atoms with E-state index in [-0.39, 0.29) is 19.5 Å². The van der Waals surface area contributed by atoms with Crippen LogP contribution in [0.3, 0.4) is 0 Å². The minimum absolute atomic E-state index is 0. The predicted octanol–water partition coefficient (Wildman–Crippen LogP) is 3.10. The molecule has 0 N–H and O–H groups in total.